The molecule has 0 bridgehead atoms. The number of amides is 1. The highest BCUT2D eigenvalue weighted by Gasteiger charge is 2.41. The van der Waals surface area contributed by atoms with Crippen LogP contribution < -0.4 is 0 Å². The largest absolute Gasteiger partial charge is 0.330 e. The van der Waals surface area contributed by atoms with E-state index >= 15 is 0 Å². The first-order valence-electron chi connectivity index (χ1n) is 10.2. The number of nitrogens with zero attached hydrogens (tertiary/aromatic N) is 3. The minimum absolute atomic E-state index is 0.00892. The molecule has 1 aromatic heterocycles. The van der Waals surface area contributed by atoms with Crippen LogP contribution in [0.4, 0.5) is 4.39 Å². The van der Waals surface area contributed by atoms with Crippen LogP contribution in [-0.2, 0) is 16.2 Å². The summed E-state index contributed by atoms with van der Waals surface area (Å²) >= 11 is 0. The van der Waals surface area contributed by atoms with Gasteiger partial charge in [-0.1, -0.05) is 29.8 Å². The van der Waals surface area contributed by atoms with Gasteiger partial charge in [0, 0.05) is 24.9 Å². The van der Waals surface area contributed by atoms with Crippen molar-refractivity contribution in [2.75, 3.05) is 6.61 Å². The molecule has 1 aliphatic carbocycles. The lowest BCUT2D eigenvalue weighted by Crippen LogP contribution is -2.42. The summed E-state index contributed by atoms with van der Waals surface area (Å²) in [5, 5.41) is 1.61. The number of imidazole rings is 1. The molecule has 6 heteroatoms. The van der Waals surface area contributed by atoms with E-state index in [0.717, 1.165) is 36.9 Å². The highest BCUT2D eigenvalue weighted by Crippen LogP contribution is 2.40. The fraction of sp³-hybridized carbons (Fsp3) is 0.391. The van der Waals surface area contributed by atoms with Crippen molar-refractivity contribution in [1.29, 1.82) is 0 Å². The first kappa shape index (κ1) is 18.3. The van der Waals surface area contributed by atoms with E-state index in [4.69, 9.17) is 4.84 Å². The Morgan fingerprint density at radius 2 is 2.00 bits per heavy atom. The molecule has 1 amide bonds. The summed E-state index contributed by atoms with van der Waals surface area (Å²) in [6.07, 6.45) is 4.29. The second-order valence-corrected chi connectivity index (χ2v) is 8.28. The molecule has 2 fully saturated rings. The van der Waals surface area contributed by atoms with Crippen LogP contribution in [0.3, 0.4) is 0 Å². The van der Waals surface area contributed by atoms with Gasteiger partial charge in [0.1, 0.15) is 5.82 Å². The van der Waals surface area contributed by atoms with E-state index in [9.17, 15) is 9.18 Å². The van der Waals surface area contributed by atoms with Gasteiger partial charge in [-0.25, -0.2) is 14.4 Å². The Balaban J connectivity index is 1.22. The minimum Gasteiger partial charge on any atom is -0.330 e. The Morgan fingerprint density at radius 3 is 2.79 bits per heavy atom. The average Bonchev–Trinajstić information content (AvgIpc) is 3.31. The van der Waals surface area contributed by atoms with Crippen LogP contribution in [0.2, 0.25) is 0 Å². The Labute approximate surface area is 169 Å². The van der Waals surface area contributed by atoms with Gasteiger partial charge in [-0.15, -0.1) is 0 Å². The van der Waals surface area contributed by atoms with Crippen molar-refractivity contribution >= 4 is 16.9 Å². The summed E-state index contributed by atoms with van der Waals surface area (Å²) in [4.78, 5) is 23.0. The van der Waals surface area contributed by atoms with Crippen LogP contribution >= 0.6 is 0 Å². The fourth-order valence-electron chi connectivity index (χ4n) is 4.50. The molecule has 0 N–H and O–H groups in total. The summed E-state index contributed by atoms with van der Waals surface area (Å²) in [5.74, 6) is 0.262. The molecule has 2 aromatic carbocycles. The molecule has 2 heterocycles. The molecule has 2 aliphatic rings. The Kier molecular flexibility index (Phi) is 4.59. The SMILES string of the molecule is Cc1ccc([C@@H]2CCON2C(=O)[C@H]2C[C@H](Cn3cnc4cc(F)ccc43)C2)cc1. The fourth-order valence-corrected chi connectivity index (χ4v) is 4.50. The van der Waals surface area contributed by atoms with Crippen molar-refractivity contribution in [3.8, 4) is 0 Å². The van der Waals surface area contributed by atoms with Gasteiger partial charge in [0.2, 0.25) is 5.91 Å². The Hall–Kier alpha value is -2.73. The molecular formula is C23H24FN3O2. The maximum Gasteiger partial charge on any atom is 0.249 e. The van der Waals surface area contributed by atoms with Crippen molar-refractivity contribution in [3.63, 3.8) is 0 Å². The molecule has 150 valence electrons. The van der Waals surface area contributed by atoms with E-state index < -0.39 is 0 Å². The van der Waals surface area contributed by atoms with Gasteiger partial charge >= 0.3 is 0 Å². The smallest absolute Gasteiger partial charge is 0.249 e. The van der Waals surface area contributed by atoms with Crippen LogP contribution in [0.15, 0.2) is 48.8 Å². The second kappa shape index (κ2) is 7.26. The molecule has 1 saturated carbocycles. The number of benzene rings is 2. The molecule has 0 unspecified atom stereocenters. The number of fused-ring (bicyclic) bond motifs is 1. The van der Waals surface area contributed by atoms with E-state index in [1.165, 1.54) is 17.7 Å². The quantitative estimate of drug-likeness (QED) is 0.659. The molecule has 29 heavy (non-hydrogen) atoms. The van der Waals surface area contributed by atoms with E-state index in [1.807, 2.05) is 0 Å². The third kappa shape index (κ3) is 3.42. The number of halogens is 1. The molecule has 1 saturated heterocycles. The zero-order valence-electron chi connectivity index (χ0n) is 16.4. The maximum absolute atomic E-state index is 13.3. The van der Waals surface area contributed by atoms with E-state index in [0.29, 0.717) is 18.0 Å². The molecule has 3 aromatic rings. The summed E-state index contributed by atoms with van der Waals surface area (Å²) in [7, 11) is 0. The summed E-state index contributed by atoms with van der Waals surface area (Å²) in [6, 6.07) is 13.0. The number of aromatic nitrogens is 2. The number of carbonyl (C=O) groups excluding carboxylic acids is 1. The highest BCUT2D eigenvalue weighted by molar-refractivity contribution is 5.79. The number of carbonyl (C=O) groups is 1. The zero-order chi connectivity index (χ0) is 20.0. The van der Waals surface area contributed by atoms with Crippen LogP contribution in [-0.4, -0.2) is 27.1 Å². The van der Waals surface area contributed by atoms with Gasteiger partial charge in [-0.05, 0) is 43.4 Å². The molecule has 5 rings (SSSR count). The molecule has 0 spiro atoms. The van der Waals surface area contributed by atoms with E-state index in [1.54, 1.807) is 17.5 Å². The van der Waals surface area contributed by atoms with Crippen molar-refractivity contribution in [2.24, 2.45) is 11.8 Å². The summed E-state index contributed by atoms with van der Waals surface area (Å²) in [5.41, 5.74) is 3.95. The van der Waals surface area contributed by atoms with Crippen LogP contribution in [0.25, 0.3) is 11.0 Å². The molecule has 1 aliphatic heterocycles. The van der Waals surface area contributed by atoms with Gasteiger partial charge < -0.3 is 4.57 Å². The number of hydrogen-bond donors (Lipinski definition) is 0. The van der Waals surface area contributed by atoms with Crippen LogP contribution in [0.1, 0.15) is 36.4 Å². The summed E-state index contributed by atoms with van der Waals surface area (Å²) < 4.78 is 15.4. The van der Waals surface area contributed by atoms with Crippen LogP contribution in [0.5, 0.6) is 0 Å². The van der Waals surface area contributed by atoms with Gasteiger partial charge in [0.05, 0.1) is 30.0 Å². The monoisotopic (exact) mass is 393 g/mol. The number of rotatable bonds is 4. The first-order chi connectivity index (χ1) is 14.1. The lowest BCUT2D eigenvalue weighted by Gasteiger charge is -2.37. The lowest BCUT2D eigenvalue weighted by molar-refractivity contribution is -0.186. The predicted octanol–water partition coefficient (Wildman–Crippen LogP) is 4.42. The molecule has 5 nitrogen and oxygen atoms in total. The van der Waals surface area contributed by atoms with Crippen molar-refractivity contribution < 1.29 is 14.0 Å². The van der Waals surface area contributed by atoms with Crippen molar-refractivity contribution in [1.82, 2.24) is 14.6 Å². The number of aryl methyl sites for hydroxylation is 1. The standard InChI is InChI=1S/C23H24FN3O2/c1-15-2-4-17(5-3-15)21-8-9-29-27(21)23(28)18-10-16(11-18)13-26-14-25-20-12-19(24)6-7-22(20)26/h2-7,12,14,16,18,21H,8-11,13H2,1H3/t16-,18-,21-/m0/s1. The van der Waals surface area contributed by atoms with Gasteiger partial charge in [0.25, 0.3) is 0 Å². The van der Waals surface area contributed by atoms with E-state index in [2.05, 4.69) is 40.7 Å². The predicted molar refractivity (Wildman–Crippen MR) is 107 cm³/mol. The minimum atomic E-state index is -0.272. The van der Waals surface area contributed by atoms with Crippen LogP contribution in [0, 0.1) is 24.6 Å². The average molecular weight is 393 g/mol. The first-order valence-corrected chi connectivity index (χ1v) is 10.2. The van der Waals surface area contributed by atoms with Gasteiger partial charge in [-0.2, -0.15) is 0 Å². The normalized spacial score (nSPS) is 24.1. The Morgan fingerprint density at radius 1 is 1.21 bits per heavy atom. The van der Waals surface area contributed by atoms with E-state index in [-0.39, 0.29) is 23.7 Å². The van der Waals surface area contributed by atoms with Crippen molar-refractivity contribution in [3.05, 3.63) is 65.7 Å². The second-order valence-electron chi connectivity index (χ2n) is 8.28. The third-order valence-electron chi connectivity index (χ3n) is 6.21. The molecule has 0 radical (unpaired) electrons. The zero-order valence-corrected chi connectivity index (χ0v) is 16.4. The molecular weight excluding hydrogens is 369 g/mol. The Bertz CT molecular complexity index is 1040. The third-order valence-corrected chi connectivity index (χ3v) is 6.21. The maximum atomic E-state index is 13.3. The van der Waals surface area contributed by atoms with Gasteiger partial charge in [-0.3, -0.25) is 9.63 Å². The van der Waals surface area contributed by atoms with Crippen molar-refractivity contribution in [2.45, 2.75) is 38.8 Å². The topological polar surface area (TPSA) is 47.4 Å². The lowest BCUT2D eigenvalue weighted by atomic mass is 9.74. The summed E-state index contributed by atoms with van der Waals surface area (Å²) in [6.45, 7) is 3.44. The number of hydroxylamine groups is 2. The molecule has 1 atom stereocenters. The highest BCUT2D eigenvalue weighted by atomic mass is 19.1. The van der Waals surface area contributed by atoms with Gasteiger partial charge in [0.15, 0.2) is 0 Å². The number of hydrogen-bond acceptors (Lipinski definition) is 3.